The molecule has 0 unspecified atom stereocenters. The van der Waals surface area contributed by atoms with Gasteiger partial charge in [0.1, 0.15) is 0 Å². The molecule has 0 fully saturated rings. The van der Waals surface area contributed by atoms with Gasteiger partial charge in [0.05, 0.1) is 0 Å². The van der Waals surface area contributed by atoms with Gasteiger partial charge in [-0.1, -0.05) is 27.7 Å². The Morgan fingerprint density at radius 1 is 1.18 bits per heavy atom. The molecule has 0 atom stereocenters. The first-order valence-electron chi connectivity index (χ1n) is 4.10. The zero-order chi connectivity index (χ0) is 9.33. The number of nitrogens with one attached hydrogen (secondary N) is 1. The van der Waals surface area contributed by atoms with Crippen LogP contribution in [0.3, 0.4) is 0 Å². The fourth-order valence-corrected chi connectivity index (χ4v) is 0.640. The Bertz CT molecular complexity index is 86.8. The van der Waals surface area contributed by atoms with E-state index in [2.05, 4.69) is 45.9 Å². The smallest absolute Gasteiger partial charge is 0.0000127 e. The first kappa shape index (κ1) is 13.1. The van der Waals surface area contributed by atoms with E-state index in [4.69, 9.17) is 0 Å². The van der Waals surface area contributed by atoms with Crippen LogP contribution in [-0.4, -0.2) is 13.1 Å². The predicted octanol–water partition coefficient (Wildman–Crippen LogP) is 2.28. The van der Waals surface area contributed by atoms with Gasteiger partial charge in [-0.3, -0.25) is 0 Å². The Balaban J connectivity index is 0. The van der Waals surface area contributed by atoms with Crippen molar-refractivity contribution in [3.8, 4) is 12.8 Å². The minimum Gasteiger partial charge on any atom is -0.316 e. The lowest BCUT2D eigenvalue weighted by atomic mass is 9.97. The van der Waals surface area contributed by atoms with E-state index < -0.39 is 0 Å². The Morgan fingerprint density at radius 3 is 1.91 bits per heavy atom. The molecule has 0 heterocycles. The lowest BCUT2D eigenvalue weighted by Crippen LogP contribution is -2.27. The molecule has 0 rings (SSSR count). The molecule has 0 saturated heterocycles. The molecule has 0 bridgehead atoms. The van der Waals surface area contributed by atoms with Gasteiger partial charge in [0, 0.05) is 0 Å². The number of terminal acetylenes is 1. The summed E-state index contributed by atoms with van der Waals surface area (Å²) in [7, 11) is 0. The van der Waals surface area contributed by atoms with Gasteiger partial charge in [-0.05, 0) is 24.9 Å². The largest absolute Gasteiger partial charge is 0.316 e. The molecule has 0 amide bonds. The van der Waals surface area contributed by atoms with Crippen molar-refractivity contribution < 1.29 is 0 Å². The lowest BCUT2D eigenvalue weighted by Gasteiger charge is -2.18. The third kappa shape index (κ3) is 17.7. The van der Waals surface area contributed by atoms with E-state index >= 15 is 0 Å². The fraction of sp³-hybridized carbons (Fsp3) is 0.800. The molecule has 0 spiro atoms. The van der Waals surface area contributed by atoms with Gasteiger partial charge >= 0.3 is 0 Å². The molecule has 0 aliphatic carbocycles. The highest BCUT2D eigenvalue weighted by molar-refractivity contribution is 4.63. The molecule has 0 radical (unpaired) electrons. The third-order valence-electron chi connectivity index (χ3n) is 1.08. The highest BCUT2D eigenvalue weighted by Crippen LogP contribution is 2.09. The Morgan fingerprint density at radius 2 is 1.64 bits per heavy atom. The van der Waals surface area contributed by atoms with E-state index in [1.807, 2.05) is 0 Å². The number of rotatable bonds is 3. The van der Waals surface area contributed by atoms with Crippen LogP contribution in [-0.2, 0) is 0 Å². The fourth-order valence-electron chi connectivity index (χ4n) is 0.640. The van der Waals surface area contributed by atoms with Gasteiger partial charge in [0.2, 0.25) is 0 Å². The molecular weight excluding hydrogens is 134 g/mol. The van der Waals surface area contributed by atoms with Crippen LogP contribution in [0.25, 0.3) is 0 Å². The second-order valence-corrected chi connectivity index (χ2v) is 3.74. The summed E-state index contributed by atoms with van der Waals surface area (Å²) < 4.78 is 0. The summed E-state index contributed by atoms with van der Waals surface area (Å²) in [5.74, 6) is 0. The Labute approximate surface area is 71.6 Å². The van der Waals surface area contributed by atoms with E-state index in [0.717, 1.165) is 13.1 Å². The Hall–Kier alpha value is -0.480. The second-order valence-electron chi connectivity index (χ2n) is 3.74. The molecule has 0 aromatic carbocycles. The molecule has 1 heteroatoms. The van der Waals surface area contributed by atoms with E-state index in [1.165, 1.54) is 6.42 Å². The summed E-state index contributed by atoms with van der Waals surface area (Å²) in [5, 5.41) is 3.38. The van der Waals surface area contributed by atoms with Gasteiger partial charge in [-0.15, -0.1) is 12.8 Å². The van der Waals surface area contributed by atoms with E-state index in [-0.39, 0.29) is 0 Å². The van der Waals surface area contributed by atoms with Crippen molar-refractivity contribution >= 4 is 0 Å². The summed E-state index contributed by atoms with van der Waals surface area (Å²) in [6, 6.07) is 0. The van der Waals surface area contributed by atoms with Crippen LogP contribution in [0.15, 0.2) is 0 Å². The molecule has 66 valence electrons. The van der Waals surface area contributed by atoms with Crippen molar-refractivity contribution in [1.82, 2.24) is 5.32 Å². The molecule has 0 aliphatic heterocycles. The van der Waals surface area contributed by atoms with Gasteiger partial charge in [-0.25, -0.2) is 0 Å². The molecule has 0 aromatic rings. The van der Waals surface area contributed by atoms with Crippen molar-refractivity contribution in [3.05, 3.63) is 0 Å². The van der Waals surface area contributed by atoms with Crippen molar-refractivity contribution in [1.29, 1.82) is 0 Å². The topological polar surface area (TPSA) is 12.0 Å². The zero-order valence-electron chi connectivity index (χ0n) is 8.28. The molecule has 0 aromatic heterocycles. The molecule has 0 saturated carbocycles. The van der Waals surface area contributed by atoms with Gasteiger partial charge in [0.25, 0.3) is 0 Å². The zero-order valence-corrected chi connectivity index (χ0v) is 8.28. The van der Waals surface area contributed by atoms with Crippen LogP contribution in [0.4, 0.5) is 0 Å². The van der Waals surface area contributed by atoms with Crippen molar-refractivity contribution in [2.75, 3.05) is 13.1 Å². The second kappa shape index (κ2) is 7.63. The normalized spacial score (nSPS) is 10.0. The first-order valence-corrected chi connectivity index (χ1v) is 4.10. The van der Waals surface area contributed by atoms with Crippen molar-refractivity contribution in [2.24, 2.45) is 5.41 Å². The van der Waals surface area contributed by atoms with Crippen LogP contribution < -0.4 is 5.32 Å². The summed E-state index contributed by atoms with van der Waals surface area (Å²) >= 11 is 0. The summed E-state index contributed by atoms with van der Waals surface area (Å²) in [5.41, 5.74) is 0.440. The standard InChI is InChI=1S/C8H19N.C2H2/c1-5-6-9-7-8(2,3)4;1-2/h9H,5-7H2,1-4H3;1-2H. The maximum Gasteiger partial charge on any atom is -0.0000127 e. The van der Waals surface area contributed by atoms with Crippen LogP contribution in [0.1, 0.15) is 34.1 Å². The summed E-state index contributed by atoms with van der Waals surface area (Å²) in [6.45, 7) is 11.2. The lowest BCUT2D eigenvalue weighted by molar-refractivity contribution is 0.381. The minimum atomic E-state index is 0.440. The van der Waals surface area contributed by atoms with Gasteiger partial charge in [0.15, 0.2) is 0 Å². The molecule has 0 aliphatic rings. The van der Waals surface area contributed by atoms with Crippen molar-refractivity contribution in [3.63, 3.8) is 0 Å². The third-order valence-corrected chi connectivity index (χ3v) is 1.08. The van der Waals surface area contributed by atoms with Crippen LogP contribution >= 0.6 is 0 Å². The molecule has 11 heavy (non-hydrogen) atoms. The quantitative estimate of drug-likeness (QED) is 0.487. The summed E-state index contributed by atoms with van der Waals surface area (Å²) in [6.07, 6.45) is 9.23. The number of hydrogen-bond donors (Lipinski definition) is 1. The molecule has 1 nitrogen and oxygen atoms in total. The van der Waals surface area contributed by atoms with E-state index in [1.54, 1.807) is 0 Å². The van der Waals surface area contributed by atoms with E-state index in [0.29, 0.717) is 5.41 Å². The average Bonchev–Trinajstić information content (AvgIpc) is 1.90. The monoisotopic (exact) mass is 155 g/mol. The summed E-state index contributed by atoms with van der Waals surface area (Å²) in [4.78, 5) is 0. The minimum absolute atomic E-state index is 0.440. The highest BCUT2D eigenvalue weighted by Gasteiger charge is 2.07. The SMILES string of the molecule is C#C.CCCNCC(C)(C)C. The van der Waals surface area contributed by atoms with Crippen LogP contribution in [0.5, 0.6) is 0 Å². The average molecular weight is 155 g/mol. The molecular formula is C10H21N. The molecule has 1 N–H and O–H groups in total. The van der Waals surface area contributed by atoms with Gasteiger partial charge in [-0.2, -0.15) is 0 Å². The predicted molar refractivity (Wildman–Crippen MR) is 52.5 cm³/mol. The van der Waals surface area contributed by atoms with Crippen LogP contribution in [0, 0.1) is 18.3 Å². The van der Waals surface area contributed by atoms with Crippen molar-refractivity contribution in [2.45, 2.75) is 34.1 Å². The first-order chi connectivity index (χ1) is 5.06. The highest BCUT2D eigenvalue weighted by atomic mass is 14.9. The van der Waals surface area contributed by atoms with E-state index in [9.17, 15) is 0 Å². The van der Waals surface area contributed by atoms with Gasteiger partial charge < -0.3 is 5.32 Å². The maximum atomic E-state index is 4.00. The Kier molecular flexibility index (Phi) is 9.10. The maximum absolute atomic E-state index is 4.00. The number of hydrogen-bond acceptors (Lipinski definition) is 1. The van der Waals surface area contributed by atoms with Crippen LogP contribution in [0.2, 0.25) is 0 Å².